The zero-order chi connectivity index (χ0) is 19.2. The Bertz CT molecular complexity index is 937. The number of aromatic nitrogens is 2. The fraction of sp³-hybridized carbons (Fsp3) is 0. The lowest BCUT2D eigenvalue weighted by Gasteiger charge is -2.09. The molecule has 2 aromatic carbocycles. The molecule has 0 aliphatic heterocycles. The second-order valence-corrected chi connectivity index (χ2v) is 7.54. The molecule has 1 unspecified atom stereocenters. The number of carbonyl (C=O) groups is 2. The standard InChI is InChI=1S/C18H13BrN4O3S/c19-13-10-20-18(21-11-13)27(26)15-8-6-14(7-9-15)22-17(25)23-16(24)12-4-2-1-3-5-12/h1-11H,(H2,22,23,24,25). The minimum atomic E-state index is -1.54. The van der Waals surface area contributed by atoms with E-state index in [9.17, 15) is 14.1 Å². The van der Waals surface area contributed by atoms with Crippen molar-refractivity contribution >= 4 is 44.7 Å². The Balaban J connectivity index is 1.61. The fourth-order valence-electron chi connectivity index (χ4n) is 2.09. The van der Waals surface area contributed by atoms with E-state index in [4.69, 9.17) is 0 Å². The normalized spacial score (nSPS) is 11.5. The quantitative estimate of drug-likeness (QED) is 0.473. The SMILES string of the molecule is O=C(NC(=O)c1ccccc1)Nc1ccc([S+]([O-])c2ncc(Br)cn2)cc1. The number of rotatable bonds is 4. The van der Waals surface area contributed by atoms with Gasteiger partial charge in [-0.3, -0.25) is 10.1 Å². The summed E-state index contributed by atoms with van der Waals surface area (Å²) in [6.07, 6.45) is 3.04. The van der Waals surface area contributed by atoms with Crippen LogP contribution >= 0.6 is 15.9 Å². The Morgan fingerprint density at radius 1 is 0.963 bits per heavy atom. The molecule has 1 heterocycles. The number of hydrogen-bond acceptors (Lipinski definition) is 5. The number of halogens is 1. The average molecular weight is 445 g/mol. The van der Waals surface area contributed by atoms with E-state index in [0.717, 1.165) is 0 Å². The van der Waals surface area contributed by atoms with E-state index in [1.54, 1.807) is 54.6 Å². The maximum absolute atomic E-state index is 12.4. The van der Waals surface area contributed by atoms with Crippen molar-refractivity contribution in [3.8, 4) is 0 Å². The molecule has 0 fully saturated rings. The van der Waals surface area contributed by atoms with E-state index < -0.39 is 23.1 Å². The van der Waals surface area contributed by atoms with E-state index in [1.165, 1.54) is 12.4 Å². The second-order valence-electron chi connectivity index (χ2n) is 5.25. The molecule has 0 aliphatic carbocycles. The molecule has 136 valence electrons. The van der Waals surface area contributed by atoms with E-state index >= 15 is 0 Å². The van der Waals surface area contributed by atoms with Gasteiger partial charge in [0.1, 0.15) is 0 Å². The minimum Gasteiger partial charge on any atom is -0.604 e. The maximum Gasteiger partial charge on any atom is 0.348 e. The summed E-state index contributed by atoms with van der Waals surface area (Å²) in [5.74, 6) is -0.502. The third-order valence-electron chi connectivity index (χ3n) is 3.35. The maximum atomic E-state index is 12.4. The topological polar surface area (TPSA) is 107 Å². The Hall–Kier alpha value is -2.75. The number of nitrogens with one attached hydrogen (secondary N) is 2. The summed E-state index contributed by atoms with van der Waals surface area (Å²) >= 11 is 1.69. The van der Waals surface area contributed by atoms with Crippen LogP contribution in [0.25, 0.3) is 0 Å². The van der Waals surface area contributed by atoms with Gasteiger partial charge in [0, 0.05) is 23.6 Å². The first-order valence-electron chi connectivity index (χ1n) is 7.70. The Morgan fingerprint density at radius 3 is 2.22 bits per heavy atom. The monoisotopic (exact) mass is 444 g/mol. The summed E-state index contributed by atoms with van der Waals surface area (Å²) < 4.78 is 13.1. The van der Waals surface area contributed by atoms with E-state index in [-0.39, 0.29) is 5.16 Å². The molecule has 2 N–H and O–H groups in total. The summed E-state index contributed by atoms with van der Waals surface area (Å²) in [4.78, 5) is 32.4. The number of urea groups is 1. The number of nitrogens with zero attached hydrogens (tertiary/aromatic N) is 2. The van der Waals surface area contributed by atoms with Crippen LogP contribution in [0.2, 0.25) is 0 Å². The molecule has 3 aromatic rings. The van der Waals surface area contributed by atoms with Gasteiger partial charge in [-0.15, -0.1) is 0 Å². The highest BCUT2D eigenvalue weighted by atomic mass is 79.9. The Morgan fingerprint density at radius 2 is 1.59 bits per heavy atom. The summed E-state index contributed by atoms with van der Waals surface area (Å²) in [6.45, 7) is 0. The molecular formula is C18H13BrN4O3S. The van der Waals surface area contributed by atoms with Gasteiger partial charge in [0.05, 0.1) is 15.6 Å². The molecule has 3 amide bonds. The van der Waals surface area contributed by atoms with Crippen molar-refractivity contribution in [2.45, 2.75) is 10.1 Å². The second kappa shape index (κ2) is 8.76. The van der Waals surface area contributed by atoms with Gasteiger partial charge in [-0.2, -0.15) is 9.97 Å². The van der Waals surface area contributed by atoms with Crippen molar-refractivity contribution in [3.05, 3.63) is 77.0 Å². The van der Waals surface area contributed by atoms with Gasteiger partial charge < -0.3 is 9.87 Å². The van der Waals surface area contributed by atoms with Gasteiger partial charge in [-0.05, 0) is 52.3 Å². The van der Waals surface area contributed by atoms with Gasteiger partial charge in [0.15, 0.2) is 4.90 Å². The van der Waals surface area contributed by atoms with Gasteiger partial charge in [0.2, 0.25) is 0 Å². The van der Waals surface area contributed by atoms with E-state index in [0.29, 0.717) is 20.6 Å². The molecule has 3 rings (SSSR count). The van der Waals surface area contributed by atoms with Crippen LogP contribution in [-0.2, 0) is 11.2 Å². The molecule has 0 saturated carbocycles. The zero-order valence-corrected chi connectivity index (χ0v) is 16.2. The van der Waals surface area contributed by atoms with Crippen molar-refractivity contribution in [3.63, 3.8) is 0 Å². The van der Waals surface area contributed by atoms with Crippen LogP contribution in [0.15, 0.2) is 81.5 Å². The highest BCUT2D eigenvalue weighted by molar-refractivity contribution is 9.10. The minimum absolute atomic E-state index is 0.185. The lowest BCUT2D eigenvalue weighted by Crippen LogP contribution is -2.34. The third kappa shape index (κ3) is 5.13. The average Bonchev–Trinajstić information content (AvgIpc) is 2.69. The number of hydrogen-bond donors (Lipinski definition) is 2. The number of carbonyl (C=O) groups excluding carboxylic acids is 2. The number of benzene rings is 2. The van der Waals surface area contributed by atoms with E-state index in [2.05, 4.69) is 36.5 Å². The summed E-state index contributed by atoms with van der Waals surface area (Å²) in [5.41, 5.74) is 0.832. The van der Waals surface area contributed by atoms with Crippen LogP contribution in [0.5, 0.6) is 0 Å². The van der Waals surface area contributed by atoms with Crippen LogP contribution < -0.4 is 10.6 Å². The molecule has 0 bridgehead atoms. The van der Waals surface area contributed by atoms with Crippen molar-refractivity contribution in [1.82, 2.24) is 15.3 Å². The highest BCUT2D eigenvalue weighted by Gasteiger charge is 2.18. The molecule has 1 atom stereocenters. The van der Waals surface area contributed by atoms with Crippen molar-refractivity contribution in [1.29, 1.82) is 0 Å². The highest BCUT2D eigenvalue weighted by Crippen LogP contribution is 2.20. The van der Waals surface area contributed by atoms with Gasteiger partial charge >= 0.3 is 11.2 Å². The lowest BCUT2D eigenvalue weighted by molar-refractivity contribution is 0.0967. The summed E-state index contributed by atoms with van der Waals surface area (Å²) in [7, 11) is 0. The third-order valence-corrected chi connectivity index (χ3v) is 5.00. The van der Waals surface area contributed by atoms with E-state index in [1.807, 2.05) is 0 Å². The zero-order valence-electron chi connectivity index (χ0n) is 13.8. The Labute approximate surface area is 166 Å². The smallest absolute Gasteiger partial charge is 0.348 e. The van der Waals surface area contributed by atoms with Crippen LogP contribution in [0, 0.1) is 0 Å². The molecule has 7 nitrogen and oxygen atoms in total. The number of anilines is 1. The van der Waals surface area contributed by atoms with Crippen LogP contribution in [0.1, 0.15) is 10.4 Å². The molecule has 9 heteroatoms. The van der Waals surface area contributed by atoms with Crippen molar-refractivity contribution < 1.29 is 14.1 Å². The number of imide groups is 1. The van der Waals surface area contributed by atoms with Crippen molar-refractivity contribution in [2.75, 3.05) is 5.32 Å². The molecule has 0 aliphatic rings. The first kappa shape index (κ1) is 19.0. The predicted molar refractivity (Wildman–Crippen MR) is 104 cm³/mol. The molecule has 0 spiro atoms. The molecular weight excluding hydrogens is 432 g/mol. The van der Waals surface area contributed by atoms with Gasteiger partial charge in [-0.25, -0.2) is 4.79 Å². The van der Waals surface area contributed by atoms with Crippen LogP contribution in [-0.4, -0.2) is 26.5 Å². The number of amides is 3. The molecule has 1 aromatic heterocycles. The Kier molecular flexibility index (Phi) is 6.17. The fourth-order valence-corrected chi connectivity index (χ4v) is 3.19. The van der Waals surface area contributed by atoms with Crippen molar-refractivity contribution in [2.24, 2.45) is 0 Å². The molecule has 27 heavy (non-hydrogen) atoms. The predicted octanol–water partition coefficient (Wildman–Crippen LogP) is 3.37. The molecule has 0 radical (unpaired) electrons. The lowest BCUT2D eigenvalue weighted by atomic mass is 10.2. The molecule has 0 saturated heterocycles. The first-order chi connectivity index (χ1) is 13.0. The van der Waals surface area contributed by atoms with Gasteiger partial charge in [-0.1, -0.05) is 18.2 Å². The first-order valence-corrected chi connectivity index (χ1v) is 9.64. The van der Waals surface area contributed by atoms with Crippen LogP contribution in [0.4, 0.5) is 10.5 Å². The summed E-state index contributed by atoms with van der Waals surface area (Å²) in [6, 6.07) is 14.1. The van der Waals surface area contributed by atoms with Gasteiger partial charge in [0.25, 0.3) is 5.91 Å². The largest absolute Gasteiger partial charge is 0.604 e. The van der Waals surface area contributed by atoms with Crippen LogP contribution in [0.3, 0.4) is 0 Å². The summed E-state index contributed by atoms with van der Waals surface area (Å²) in [5, 5.41) is 4.97.